The minimum absolute atomic E-state index is 0.169. The van der Waals surface area contributed by atoms with Gasteiger partial charge >= 0.3 is 0 Å². The van der Waals surface area contributed by atoms with Crippen LogP contribution in [0.25, 0.3) is 10.2 Å². The van der Waals surface area contributed by atoms with Crippen molar-refractivity contribution in [3.05, 3.63) is 89.2 Å². The monoisotopic (exact) mass is 581 g/mol. The minimum atomic E-state index is -0.268. The third-order valence-corrected chi connectivity index (χ3v) is 9.37. The molecule has 0 spiro atoms. The Morgan fingerprint density at radius 3 is 2.58 bits per heavy atom. The topological polar surface area (TPSA) is 96.9 Å². The number of benzene rings is 3. The Morgan fingerprint density at radius 1 is 0.921 bits per heavy atom. The van der Waals surface area contributed by atoms with Crippen LogP contribution >= 0.6 is 46.2 Å². The maximum atomic E-state index is 13.0. The molecule has 192 valence electrons. The highest BCUT2D eigenvalue weighted by atomic mass is 32.2. The lowest BCUT2D eigenvalue weighted by Crippen LogP contribution is -2.13. The lowest BCUT2D eigenvalue weighted by Gasteiger charge is -2.05. The standard InChI is InChI=1S/C26H20FN5O2S4/c1-15-3-2-4-17(11-15)23(34)28-19-9-10-20-21(12-19)37-25(29-20)36-14-22(33)30-24-31-32-26(38-24)35-13-16-5-7-18(27)8-6-16/h2-12H,13-14H2,1H3,(H,28,34)(H,30,31,33). The molecule has 2 aromatic heterocycles. The number of fused-ring (bicyclic) bond motifs is 1. The van der Waals surface area contributed by atoms with Gasteiger partial charge in [0.2, 0.25) is 11.0 Å². The summed E-state index contributed by atoms with van der Waals surface area (Å²) >= 11 is 5.57. The van der Waals surface area contributed by atoms with E-state index in [2.05, 4.69) is 25.8 Å². The zero-order chi connectivity index (χ0) is 26.5. The van der Waals surface area contributed by atoms with E-state index in [4.69, 9.17) is 0 Å². The number of anilines is 2. The van der Waals surface area contributed by atoms with Crippen LogP contribution in [0.15, 0.2) is 75.4 Å². The van der Waals surface area contributed by atoms with Gasteiger partial charge in [0, 0.05) is 17.0 Å². The number of thioether (sulfide) groups is 2. The van der Waals surface area contributed by atoms with Gasteiger partial charge in [0.05, 0.1) is 16.0 Å². The Bertz CT molecular complexity index is 1600. The fourth-order valence-electron chi connectivity index (χ4n) is 3.36. The first-order chi connectivity index (χ1) is 18.4. The van der Waals surface area contributed by atoms with Gasteiger partial charge in [-0.2, -0.15) is 0 Å². The smallest absolute Gasteiger partial charge is 0.255 e. The molecule has 0 aliphatic rings. The molecule has 0 saturated heterocycles. The predicted octanol–water partition coefficient (Wildman–Crippen LogP) is 6.87. The Labute approximate surface area is 234 Å². The lowest BCUT2D eigenvalue weighted by molar-refractivity contribution is -0.113. The van der Waals surface area contributed by atoms with E-state index in [1.165, 1.54) is 58.3 Å². The summed E-state index contributed by atoms with van der Waals surface area (Å²) in [7, 11) is 0. The number of aryl methyl sites for hydroxylation is 1. The second-order valence-electron chi connectivity index (χ2n) is 8.11. The van der Waals surface area contributed by atoms with E-state index >= 15 is 0 Å². The van der Waals surface area contributed by atoms with E-state index in [0.29, 0.717) is 26.5 Å². The van der Waals surface area contributed by atoms with Gasteiger partial charge in [-0.3, -0.25) is 14.9 Å². The SMILES string of the molecule is Cc1cccc(C(=O)Nc2ccc3nc(SCC(=O)Nc4nnc(SCc5ccc(F)cc5)s4)sc3c2)c1. The first kappa shape index (κ1) is 26.3. The van der Waals surface area contributed by atoms with Gasteiger partial charge < -0.3 is 5.32 Å². The number of amides is 2. The number of carbonyl (C=O) groups is 2. The number of nitrogens with one attached hydrogen (secondary N) is 2. The van der Waals surface area contributed by atoms with Crippen molar-refractivity contribution in [3.63, 3.8) is 0 Å². The van der Waals surface area contributed by atoms with Crippen LogP contribution in [0.3, 0.4) is 0 Å². The molecule has 0 radical (unpaired) electrons. The summed E-state index contributed by atoms with van der Waals surface area (Å²) in [4.78, 5) is 29.6. The van der Waals surface area contributed by atoms with Crippen molar-refractivity contribution in [2.75, 3.05) is 16.4 Å². The van der Waals surface area contributed by atoms with Gasteiger partial charge in [-0.25, -0.2) is 9.37 Å². The fraction of sp³-hybridized carbons (Fsp3) is 0.115. The van der Waals surface area contributed by atoms with E-state index in [1.54, 1.807) is 18.2 Å². The molecule has 0 unspecified atom stereocenters. The number of carbonyl (C=O) groups excluding carboxylic acids is 2. The van der Waals surface area contributed by atoms with Gasteiger partial charge in [-0.05, 0) is 55.0 Å². The Morgan fingerprint density at radius 2 is 1.76 bits per heavy atom. The van der Waals surface area contributed by atoms with Gasteiger partial charge in [0.15, 0.2) is 8.68 Å². The third kappa shape index (κ3) is 6.95. The molecule has 0 atom stereocenters. The molecule has 2 N–H and O–H groups in total. The van der Waals surface area contributed by atoms with Crippen molar-refractivity contribution < 1.29 is 14.0 Å². The van der Waals surface area contributed by atoms with Gasteiger partial charge in [0.1, 0.15) is 5.82 Å². The van der Waals surface area contributed by atoms with E-state index in [1.807, 2.05) is 43.3 Å². The highest BCUT2D eigenvalue weighted by Crippen LogP contribution is 2.32. The first-order valence-corrected chi connectivity index (χ1v) is 14.9. The predicted molar refractivity (Wildman–Crippen MR) is 154 cm³/mol. The summed E-state index contributed by atoms with van der Waals surface area (Å²) in [5.41, 5.74) is 4.09. The zero-order valence-corrected chi connectivity index (χ0v) is 23.2. The van der Waals surface area contributed by atoms with Gasteiger partial charge in [-0.15, -0.1) is 21.5 Å². The third-order valence-electron chi connectivity index (χ3n) is 5.16. The number of nitrogens with zero attached hydrogens (tertiary/aromatic N) is 3. The van der Waals surface area contributed by atoms with Crippen LogP contribution in [0.4, 0.5) is 15.2 Å². The molecule has 0 aliphatic heterocycles. The average Bonchev–Trinajstić information content (AvgIpc) is 3.53. The molecule has 2 amide bonds. The number of aromatic nitrogens is 3. The second kappa shape index (κ2) is 12.0. The molecule has 7 nitrogen and oxygen atoms in total. The molecule has 0 saturated carbocycles. The highest BCUT2D eigenvalue weighted by Gasteiger charge is 2.13. The van der Waals surface area contributed by atoms with Crippen molar-refractivity contribution in [1.29, 1.82) is 0 Å². The lowest BCUT2D eigenvalue weighted by atomic mass is 10.1. The number of halogens is 1. The van der Waals surface area contributed by atoms with Crippen LogP contribution < -0.4 is 10.6 Å². The largest absolute Gasteiger partial charge is 0.322 e. The Kier molecular flexibility index (Phi) is 8.32. The van der Waals surface area contributed by atoms with Crippen molar-refractivity contribution in [3.8, 4) is 0 Å². The summed E-state index contributed by atoms with van der Waals surface area (Å²) < 4.78 is 15.4. The van der Waals surface area contributed by atoms with Crippen LogP contribution in [0.1, 0.15) is 21.5 Å². The molecule has 0 bridgehead atoms. The molecular formula is C26H20FN5O2S4. The average molecular weight is 582 g/mol. The number of hydrogen-bond acceptors (Lipinski definition) is 9. The van der Waals surface area contributed by atoms with Crippen LogP contribution in [-0.2, 0) is 10.5 Å². The highest BCUT2D eigenvalue weighted by molar-refractivity contribution is 8.01. The molecule has 5 rings (SSSR count). The zero-order valence-electron chi connectivity index (χ0n) is 19.9. The van der Waals surface area contributed by atoms with Crippen molar-refractivity contribution in [1.82, 2.24) is 15.2 Å². The minimum Gasteiger partial charge on any atom is -0.322 e. The summed E-state index contributed by atoms with van der Waals surface area (Å²) in [6.07, 6.45) is 0. The van der Waals surface area contributed by atoms with Crippen molar-refractivity contribution >= 4 is 79.0 Å². The van der Waals surface area contributed by atoms with Crippen LogP contribution in [-0.4, -0.2) is 32.7 Å². The summed E-state index contributed by atoms with van der Waals surface area (Å²) in [5, 5.41) is 14.3. The van der Waals surface area contributed by atoms with Crippen LogP contribution in [0.2, 0.25) is 0 Å². The molecule has 5 aromatic rings. The van der Waals surface area contributed by atoms with E-state index in [-0.39, 0.29) is 23.4 Å². The molecule has 3 aromatic carbocycles. The number of rotatable bonds is 9. The molecular weight excluding hydrogens is 562 g/mol. The van der Waals surface area contributed by atoms with Gasteiger partial charge in [-0.1, -0.05) is 64.7 Å². The Hall–Kier alpha value is -3.32. The van der Waals surface area contributed by atoms with Gasteiger partial charge in [0.25, 0.3) is 5.91 Å². The molecule has 12 heteroatoms. The molecule has 2 heterocycles. The molecule has 0 fully saturated rings. The van der Waals surface area contributed by atoms with Crippen molar-refractivity contribution in [2.24, 2.45) is 0 Å². The summed E-state index contributed by atoms with van der Waals surface area (Å²) in [5.74, 6) is 0.168. The van der Waals surface area contributed by atoms with Crippen LogP contribution in [0.5, 0.6) is 0 Å². The normalized spacial score (nSPS) is 11.0. The maximum Gasteiger partial charge on any atom is 0.255 e. The molecule has 0 aliphatic carbocycles. The Balaban J connectivity index is 1.12. The quantitative estimate of drug-likeness (QED) is 0.145. The molecule has 38 heavy (non-hydrogen) atoms. The second-order valence-corrected chi connectivity index (χ2v) is 12.6. The van der Waals surface area contributed by atoms with E-state index in [9.17, 15) is 14.0 Å². The van der Waals surface area contributed by atoms with Crippen molar-refractivity contribution in [2.45, 2.75) is 21.4 Å². The van der Waals surface area contributed by atoms with E-state index < -0.39 is 0 Å². The maximum absolute atomic E-state index is 13.0. The summed E-state index contributed by atoms with van der Waals surface area (Å²) in [6, 6.07) is 19.3. The summed E-state index contributed by atoms with van der Waals surface area (Å²) in [6.45, 7) is 1.95. The number of hydrogen-bond donors (Lipinski definition) is 2. The first-order valence-electron chi connectivity index (χ1n) is 11.3. The fourth-order valence-corrected chi connectivity index (χ4v) is 6.99. The van der Waals surface area contributed by atoms with E-state index in [0.717, 1.165) is 25.7 Å². The van der Waals surface area contributed by atoms with Crippen LogP contribution in [0, 0.1) is 12.7 Å². The number of thiazole rings is 1.